The van der Waals surface area contributed by atoms with Gasteiger partial charge in [-0.3, -0.25) is 14.3 Å². The van der Waals surface area contributed by atoms with E-state index in [-0.39, 0.29) is 5.91 Å². The average Bonchev–Trinajstić information content (AvgIpc) is 3.22. The number of pyridine rings is 1. The first-order valence-corrected chi connectivity index (χ1v) is 11.1. The summed E-state index contributed by atoms with van der Waals surface area (Å²) in [5.41, 5.74) is 1.80. The molecule has 0 bridgehead atoms. The lowest BCUT2D eigenvalue weighted by atomic mass is 10.2. The second-order valence-electron chi connectivity index (χ2n) is 6.77. The zero-order chi connectivity index (χ0) is 21.2. The van der Waals surface area contributed by atoms with E-state index in [2.05, 4.69) is 27.4 Å². The number of carbonyl (C=O) groups excluding carboxylic acids is 1. The number of thioether (sulfide) groups is 1. The summed E-state index contributed by atoms with van der Waals surface area (Å²) in [6.07, 6.45) is 7.99. The van der Waals surface area contributed by atoms with Gasteiger partial charge in [0.05, 0.1) is 12.9 Å². The van der Waals surface area contributed by atoms with Crippen molar-refractivity contribution in [2.45, 2.75) is 37.8 Å². The van der Waals surface area contributed by atoms with Gasteiger partial charge in [-0.15, -0.1) is 10.2 Å². The number of amides is 1. The predicted octanol–water partition coefficient (Wildman–Crippen LogP) is 4.13. The van der Waals surface area contributed by atoms with Gasteiger partial charge in [0.25, 0.3) is 0 Å². The molecule has 0 radical (unpaired) electrons. The highest BCUT2D eigenvalue weighted by Gasteiger charge is 2.17. The normalized spacial score (nSPS) is 10.7. The fraction of sp³-hybridized carbons (Fsp3) is 0.364. The SMILES string of the molecule is CCCCCCNC(=O)CSc1nnc(-c2ccncc2)n1-c1ccc(OC)cc1. The molecule has 0 atom stereocenters. The summed E-state index contributed by atoms with van der Waals surface area (Å²) >= 11 is 1.37. The molecule has 30 heavy (non-hydrogen) atoms. The highest BCUT2D eigenvalue weighted by atomic mass is 32.2. The Morgan fingerprint density at radius 3 is 2.53 bits per heavy atom. The van der Waals surface area contributed by atoms with Crippen LogP contribution in [0.2, 0.25) is 0 Å². The van der Waals surface area contributed by atoms with Gasteiger partial charge in [-0.1, -0.05) is 37.9 Å². The van der Waals surface area contributed by atoms with Crippen molar-refractivity contribution in [1.82, 2.24) is 25.1 Å². The van der Waals surface area contributed by atoms with Crippen LogP contribution in [0.1, 0.15) is 32.6 Å². The Balaban J connectivity index is 1.75. The van der Waals surface area contributed by atoms with E-state index in [0.717, 1.165) is 29.8 Å². The Morgan fingerprint density at radius 2 is 1.83 bits per heavy atom. The van der Waals surface area contributed by atoms with Crippen LogP contribution in [0.4, 0.5) is 0 Å². The number of benzene rings is 1. The Kier molecular flexibility index (Phi) is 8.26. The first kappa shape index (κ1) is 21.8. The van der Waals surface area contributed by atoms with Gasteiger partial charge in [0.1, 0.15) is 5.75 Å². The van der Waals surface area contributed by atoms with Crippen LogP contribution in [0, 0.1) is 0 Å². The molecule has 0 saturated carbocycles. The van der Waals surface area contributed by atoms with Gasteiger partial charge >= 0.3 is 0 Å². The molecule has 7 nitrogen and oxygen atoms in total. The van der Waals surface area contributed by atoms with Crippen LogP contribution in [-0.4, -0.2) is 45.1 Å². The first-order valence-electron chi connectivity index (χ1n) is 10.1. The Hall–Kier alpha value is -2.87. The van der Waals surface area contributed by atoms with E-state index in [1.54, 1.807) is 19.5 Å². The molecule has 8 heteroatoms. The Labute approximate surface area is 181 Å². The fourth-order valence-electron chi connectivity index (χ4n) is 2.98. The van der Waals surface area contributed by atoms with Gasteiger partial charge in [0.2, 0.25) is 5.91 Å². The maximum absolute atomic E-state index is 12.2. The van der Waals surface area contributed by atoms with Crippen molar-refractivity contribution in [3.05, 3.63) is 48.8 Å². The van der Waals surface area contributed by atoms with Crippen molar-refractivity contribution < 1.29 is 9.53 Å². The van der Waals surface area contributed by atoms with Crippen LogP contribution in [0.15, 0.2) is 53.9 Å². The minimum atomic E-state index is 0.00578. The third-order valence-corrected chi connectivity index (χ3v) is 5.52. The molecule has 1 aromatic carbocycles. The van der Waals surface area contributed by atoms with Gasteiger partial charge in [0, 0.05) is 30.2 Å². The molecule has 1 N–H and O–H groups in total. The molecule has 2 aromatic heterocycles. The number of nitrogens with zero attached hydrogens (tertiary/aromatic N) is 4. The Bertz CT molecular complexity index is 928. The van der Waals surface area contributed by atoms with Gasteiger partial charge in [0.15, 0.2) is 11.0 Å². The molecule has 3 aromatic rings. The second kappa shape index (κ2) is 11.3. The molecule has 0 aliphatic rings. The third-order valence-electron chi connectivity index (χ3n) is 4.59. The summed E-state index contributed by atoms with van der Waals surface area (Å²) in [7, 11) is 1.64. The molecule has 3 rings (SSSR count). The molecule has 0 unspecified atom stereocenters. The summed E-state index contributed by atoms with van der Waals surface area (Å²) in [6, 6.07) is 11.5. The highest BCUT2D eigenvalue weighted by molar-refractivity contribution is 7.99. The number of hydrogen-bond acceptors (Lipinski definition) is 6. The molecular formula is C22H27N5O2S. The van der Waals surface area contributed by atoms with E-state index < -0.39 is 0 Å². The molecular weight excluding hydrogens is 398 g/mol. The number of nitrogens with one attached hydrogen (secondary N) is 1. The quantitative estimate of drug-likeness (QED) is 0.367. The lowest BCUT2D eigenvalue weighted by molar-refractivity contribution is -0.118. The van der Waals surface area contributed by atoms with Crippen LogP contribution in [-0.2, 0) is 4.79 Å². The van der Waals surface area contributed by atoms with Gasteiger partial charge in [-0.2, -0.15) is 0 Å². The minimum absolute atomic E-state index is 0.00578. The van der Waals surface area contributed by atoms with Crippen molar-refractivity contribution >= 4 is 17.7 Å². The van der Waals surface area contributed by atoms with Crippen molar-refractivity contribution in [2.24, 2.45) is 0 Å². The smallest absolute Gasteiger partial charge is 0.230 e. The van der Waals surface area contributed by atoms with Crippen LogP contribution in [0.5, 0.6) is 5.75 Å². The largest absolute Gasteiger partial charge is 0.497 e. The topological polar surface area (TPSA) is 81.9 Å². The standard InChI is InChI=1S/C22H27N5O2S/c1-3-4-5-6-13-24-20(28)16-30-22-26-25-21(17-11-14-23-15-12-17)27(22)18-7-9-19(29-2)10-8-18/h7-12,14-15H,3-6,13,16H2,1-2H3,(H,24,28). The average molecular weight is 426 g/mol. The predicted molar refractivity (Wildman–Crippen MR) is 119 cm³/mol. The molecule has 0 fully saturated rings. The summed E-state index contributed by atoms with van der Waals surface area (Å²) in [5, 5.41) is 12.4. The van der Waals surface area contributed by atoms with E-state index in [1.807, 2.05) is 41.0 Å². The van der Waals surface area contributed by atoms with E-state index in [4.69, 9.17) is 4.74 Å². The van der Waals surface area contributed by atoms with Crippen LogP contribution in [0.3, 0.4) is 0 Å². The third kappa shape index (κ3) is 5.82. The summed E-state index contributed by atoms with van der Waals surface area (Å²) < 4.78 is 7.22. The van der Waals surface area contributed by atoms with E-state index in [9.17, 15) is 4.79 Å². The Morgan fingerprint density at radius 1 is 1.07 bits per heavy atom. The highest BCUT2D eigenvalue weighted by Crippen LogP contribution is 2.28. The van der Waals surface area contributed by atoms with Gasteiger partial charge < -0.3 is 10.1 Å². The fourth-order valence-corrected chi connectivity index (χ4v) is 3.76. The lowest BCUT2D eigenvalue weighted by Gasteiger charge is -2.11. The maximum Gasteiger partial charge on any atom is 0.230 e. The second-order valence-corrected chi connectivity index (χ2v) is 7.72. The maximum atomic E-state index is 12.2. The van der Waals surface area contributed by atoms with Gasteiger partial charge in [-0.25, -0.2) is 0 Å². The van der Waals surface area contributed by atoms with Crippen molar-refractivity contribution in [1.29, 1.82) is 0 Å². The summed E-state index contributed by atoms with van der Waals surface area (Å²) in [4.78, 5) is 16.3. The zero-order valence-electron chi connectivity index (χ0n) is 17.4. The zero-order valence-corrected chi connectivity index (χ0v) is 18.2. The van der Waals surface area contributed by atoms with Crippen molar-refractivity contribution in [3.63, 3.8) is 0 Å². The summed E-state index contributed by atoms with van der Waals surface area (Å²) in [6.45, 7) is 2.89. The molecule has 158 valence electrons. The number of ether oxygens (including phenoxy) is 1. The number of carbonyl (C=O) groups is 1. The monoisotopic (exact) mass is 425 g/mol. The molecule has 0 saturated heterocycles. The first-order chi connectivity index (χ1) is 14.7. The molecule has 0 spiro atoms. The number of aromatic nitrogens is 4. The molecule has 0 aliphatic heterocycles. The van der Waals surface area contributed by atoms with Crippen LogP contribution in [0.25, 0.3) is 17.1 Å². The van der Waals surface area contributed by atoms with Crippen LogP contribution < -0.4 is 10.1 Å². The number of rotatable bonds is 11. The van der Waals surface area contributed by atoms with Crippen molar-refractivity contribution in [2.75, 3.05) is 19.4 Å². The molecule has 2 heterocycles. The van der Waals surface area contributed by atoms with Gasteiger partial charge in [-0.05, 0) is 42.8 Å². The molecule has 1 amide bonds. The number of unbranched alkanes of at least 4 members (excludes halogenated alkanes) is 3. The van der Waals surface area contributed by atoms with E-state index >= 15 is 0 Å². The van der Waals surface area contributed by atoms with E-state index in [0.29, 0.717) is 23.3 Å². The molecule has 0 aliphatic carbocycles. The van der Waals surface area contributed by atoms with Crippen molar-refractivity contribution in [3.8, 4) is 22.8 Å². The summed E-state index contributed by atoms with van der Waals surface area (Å²) in [5.74, 6) is 1.77. The van der Waals surface area contributed by atoms with E-state index in [1.165, 1.54) is 24.6 Å². The lowest BCUT2D eigenvalue weighted by Crippen LogP contribution is -2.26. The van der Waals surface area contributed by atoms with Crippen LogP contribution >= 0.6 is 11.8 Å². The minimum Gasteiger partial charge on any atom is -0.497 e. The number of hydrogen-bond donors (Lipinski definition) is 1. The number of methoxy groups -OCH3 is 1.